The summed E-state index contributed by atoms with van der Waals surface area (Å²) in [7, 11) is -0.674. The van der Waals surface area contributed by atoms with E-state index in [9.17, 15) is 8.42 Å². The summed E-state index contributed by atoms with van der Waals surface area (Å²) in [6, 6.07) is 3.09. The Labute approximate surface area is 115 Å². The van der Waals surface area contributed by atoms with Gasteiger partial charge in [-0.1, -0.05) is 5.16 Å². The van der Waals surface area contributed by atoms with E-state index in [0.717, 1.165) is 11.5 Å². The van der Waals surface area contributed by atoms with Gasteiger partial charge in [0.15, 0.2) is 4.21 Å². The lowest BCUT2D eigenvalue weighted by Crippen LogP contribution is -2.25. The molecule has 0 amide bonds. The lowest BCUT2D eigenvalue weighted by atomic mass is 10.4. The van der Waals surface area contributed by atoms with E-state index in [1.54, 1.807) is 13.0 Å². The average Bonchev–Trinajstić information content (AvgIpc) is 2.98. The molecule has 2 heterocycles. The van der Waals surface area contributed by atoms with Crippen molar-refractivity contribution in [3.05, 3.63) is 23.6 Å². The van der Waals surface area contributed by atoms with Crippen LogP contribution in [0.4, 0.5) is 0 Å². The number of aromatic nitrogens is 2. The number of nitrogens with zero attached hydrogens (tertiary/aromatic N) is 3. The third-order valence-electron chi connectivity index (χ3n) is 2.40. The van der Waals surface area contributed by atoms with Crippen LogP contribution < -0.4 is 4.74 Å². The molecule has 2 aromatic heterocycles. The minimum absolute atomic E-state index is 0.132. The van der Waals surface area contributed by atoms with Crippen LogP contribution in [0.15, 0.2) is 20.9 Å². The van der Waals surface area contributed by atoms with Crippen molar-refractivity contribution < 1.29 is 17.7 Å². The molecule has 0 aliphatic heterocycles. The lowest BCUT2D eigenvalue weighted by Gasteiger charge is -2.13. The minimum atomic E-state index is -3.59. The Morgan fingerprint density at radius 2 is 2.21 bits per heavy atom. The SMILES string of the molecule is COc1cc(S(=O)(=O)N(C)Cc2cc(C)on2)sn1. The fourth-order valence-corrected chi connectivity index (χ4v) is 3.61. The second kappa shape index (κ2) is 5.27. The van der Waals surface area contributed by atoms with Crippen LogP contribution in [-0.4, -0.2) is 36.4 Å². The van der Waals surface area contributed by atoms with Gasteiger partial charge in [0, 0.05) is 19.2 Å². The number of hydrogen-bond donors (Lipinski definition) is 0. The zero-order valence-electron chi connectivity index (χ0n) is 10.7. The number of hydrogen-bond acceptors (Lipinski definition) is 7. The van der Waals surface area contributed by atoms with Crippen LogP contribution in [0.3, 0.4) is 0 Å². The third kappa shape index (κ3) is 2.94. The van der Waals surface area contributed by atoms with Crippen molar-refractivity contribution in [1.82, 2.24) is 13.8 Å². The molecule has 2 aromatic rings. The molecular formula is C10H13N3O4S2. The van der Waals surface area contributed by atoms with E-state index < -0.39 is 10.0 Å². The van der Waals surface area contributed by atoms with Crippen molar-refractivity contribution in [3.8, 4) is 5.88 Å². The maximum atomic E-state index is 12.3. The van der Waals surface area contributed by atoms with Gasteiger partial charge in [0.25, 0.3) is 10.0 Å². The summed E-state index contributed by atoms with van der Waals surface area (Å²) in [6.45, 7) is 1.89. The Morgan fingerprint density at radius 3 is 2.74 bits per heavy atom. The van der Waals surface area contributed by atoms with Crippen LogP contribution in [0.25, 0.3) is 0 Å². The molecule has 7 nitrogen and oxygen atoms in total. The predicted octanol–water partition coefficient (Wildman–Crippen LogP) is 1.27. The maximum Gasteiger partial charge on any atom is 0.254 e. The number of ether oxygens (including phenoxy) is 1. The quantitative estimate of drug-likeness (QED) is 0.827. The van der Waals surface area contributed by atoms with Crippen LogP contribution in [-0.2, 0) is 16.6 Å². The van der Waals surface area contributed by atoms with Crippen LogP contribution in [0.1, 0.15) is 11.5 Å². The molecule has 0 atom stereocenters. The fraction of sp³-hybridized carbons (Fsp3) is 0.400. The molecule has 0 spiro atoms. The first-order chi connectivity index (χ1) is 8.93. The van der Waals surface area contributed by atoms with Crippen molar-refractivity contribution in [1.29, 1.82) is 0 Å². The molecule has 0 aliphatic rings. The van der Waals surface area contributed by atoms with Gasteiger partial charge in [-0.3, -0.25) is 0 Å². The third-order valence-corrected chi connectivity index (χ3v) is 5.40. The van der Waals surface area contributed by atoms with Crippen LogP contribution in [0.2, 0.25) is 0 Å². The Kier molecular flexibility index (Phi) is 3.88. The Hall–Kier alpha value is -1.45. The molecule has 2 rings (SSSR count). The zero-order chi connectivity index (χ0) is 14.0. The molecular weight excluding hydrogens is 290 g/mol. The van der Waals surface area contributed by atoms with Crippen LogP contribution >= 0.6 is 11.5 Å². The van der Waals surface area contributed by atoms with Gasteiger partial charge >= 0.3 is 0 Å². The van der Waals surface area contributed by atoms with E-state index in [4.69, 9.17) is 9.26 Å². The summed E-state index contributed by atoms with van der Waals surface area (Å²) in [5.41, 5.74) is 0.556. The first-order valence-corrected chi connectivity index (χ1v) is 7.54. The first kappa shape index (κ1) is 14.0. The van der Waals surface area contributed by atoms with E-state index >= 15 is 0 Å². The van der Waals surface area contributed by atoms with Crippen molar-refractivity contribution in [2.45, 2.75) is 17.7 Å². The highest BCUT2D eigenvalue weighted by Crippen LogP contribution is 2.24. The Morgan fingerprint density at radius 1 is 1.47 bits per heavy atom. The van der Waals surface area contributed by atoms with E-state index in [1.807, 2.05) is 0 Å². The van der Waals surface area contributed by atoms with Crippen LogP contribution in [0, 0.1) is 6.92 Å². The van der Waals surface area contributed by atoms with Crippen molar-refractivity contribution in [2.24, 2.45) is 0 Å². The highest BCUT2D eigenvalue weighted by molar-refractivity contribution is 7.91. The average molecular weight is 303 g/mol. The molecule has 0 saturated heterocycles. The topological polar surface area (TPSA) is 85.5 Å². The number of sulfonamides is 1. The molecule has 0 fully saturated rings. The summed E-state index contributed by atoms with van der Waals surface area (Å²) in [4.78, 5) is 0. The van der Waals surface area contributed by atoms with Gasteiger partial charge in [-0.15, -0.1) is 0 Å². The lowest BCUT2D eigenvalue weighted by molar-refractivity contribution is 0.378. The van der Waals surface area contributed by atoms with Gasteiger partial charge in [0.1, 0.15) is 5.76 Å². The molecule has 0 N–H and O–H groups in total. The van der Waals surface area contributed by atoms with Gasteiger partial charge in [0.05, 0.1) is 19.3 Å². The standard InChI is InChI=1S/C10H13N3O4S2/c1-7-4-8(11-17-7)6-13(2)19(14,15)10-5-9(16-3)12-18-10/h4-5H,6H2,1-3H3. The number of methoxy groups -OCH3 is 1. The molecule has 104 valence electrons. The summed E-state index contributed by atoms with van der Waals surface area (Å²) in [5.74, 6) is 0.925. The van der Waals surface area contributed by atoms with Gasteiger partial charge in [-0.25, -0.2) is 8.42 Å². The maximum absolute atomic E-state index is 12.3. The van der Waals surface area contributed by atoms with Gasteiger partial charge in [-0.2, -0.15) is 8.68 Å². The van der Waals surface area contributed by atoms with Gasteiger partial charge < -0.3 is 9.26 Å². The molecule has 0 bridgehead atoms. The molecule has 0 unspecified atom stereocenters. The van der Waals surface area contributed by atoms with Crippen LogP contribution in [0.5, 0.6) is 5.88 Å². The summed E-state index contributed by atoms with van der Waals surface area (Å²) in [6.07, 6.45) is 0. The number of aryl methyl sites for hydroxylation is 1. The Bertz CT molecular complexity index is 662. The van der Waals surface area contributed by atoms with E-state index in [-0.39, 0.29) is 16.6 Å². The molecule has 0 aromatic carbocycles. The second-order valence-corrected chi connectivity index (χ2v) is 6.95. The monoisotopic (exact) mass is 303 g/mol. The highest BCUT2D eigenvalue weighted by atomic mass is 32.2. The van der Waals surface area contributed by atoms with Gasteiger partial charge in [0.2, 0.25) is 5.88 Å². The summed E-state index contributed by atoms with van der Waals surface area (Å²) >= 11 is 0.877. The number of rotatable bonds is 5. The highest BCUT2D eigenvalue weighted by Gasteiger charge is 2.25. The van der Waals surface area contributed by atoms with E-state index in [0.29, 0.717) is 11.5 Å². The largest absolute Gasteiger partial charge is 0.480 e. The first-order valence-electron chi connectivity index (χ1n) is 5.32. The molecule has 19 heavy (non-hydrogen) atoms. The van der Waals surface area contributed by atoms with Crippen molar-refractivity contribution >= 4 is 21.6 Å². The fourth-order valence-electron chi connectivity index (χ4n) is 1.42. The smallest absolute Gasteiger partial charge is 0.254 e. The predicted molar refractivity (Wildman–Crippen MR) is 68.6 cm³/mol. The molecule has 0 saturated carbocycles. The summed E-state index contributed by atoms with van der Waals surface area (Å²) in [5, 5.41) is 3.77. The zero-order valence-corrected chi connectivity index (χ0v) is 12.3. The molecule has 9 heteroatoms. The van der Waals surface area contributed by atoms with E-state index in [1.165, 1.54) is 24.5 Å². The van der Waals surface area contributed by atoms with Crippen molar-refractivity contribution in [2.75, 3.05) is 14.2 Å². The second-order valence-electron chi connectivity index (χ2n) is 3.88. The Balaban J connectivity index is 2.19. The van der Waals surface area contributed by atoms with Crippen molar-refractivity contribution in [3.63, 3.8) is 0 Å². The summed E-state index contributed by atoms with van der Waals surface area (Å²) < 4.78 is 39.5. The normalized spacial score (nSPS) is 12.0. The minimum Gasteiger partial charge on any atom is -0.480 e. The molecule has 0 radical (unpaired) electrons. The molecule has 0 aliphatic carbocycles. The van der Waals surface area contributed by atoms with Gasteiger partial charge in [-0.05, 0) is 18.5 Å². The van der Waals surface area contributed by atoms with E-state index in [2.05, 4.69) is 9.53 Å².